The molecule has 0 aliphatic carbocycles. The minimum atomic E-state index is 0.542. The lowest BCUT2D eigenvalue weighted by Crippen LogP contribution is -2.07. The van der Waals surface area contributed by atoms with E-state index < -0.39 is 0 Å². The van der Waals surface area contributed by atoms with Gasteiger partial charge in [-0.2, -0.15) is 0 Å². The van der Waals surface area contributed by atoms with Gasteiger partial charge in [0, 0.05) is 12.1 Å². The molecule has 0 aliphatic heterocycles. The second-order valence-corrected chi connectivity index (χ2v) is 4.03. The Morgan fingerprint density at radius 1 is 1.20 bits per heavy atom. The lowest BCUT2D eigenvalue weighted by Gasteiger charge is -2.09. The van der Waals surface area contributed by atoms with Gasteiger partial charge in [0.25, 0.3) is 0 Å². The summed E-state index contributed by atoms with van der Waals surface area (Å²) < 4.78 is 0. The summed E-state index contributed by atoms with van der Waals surface area (Å²) in [5.74, 6) is 1.58. The van der Waals surface area contributed by atoms with E-state index in [9.17, 15) is 0 Å². The molecule has 0 saturated carbocycles. The van der Waals surface area contributed by atoms with Crippen LogP contribution in [0, 0.1) is 13.8 Å². The fourth-order valence-corrected chi connectivity index (χ4v) is 1.56. The number of unbranched alkanes of at least 4 members (excludes halogenated alkanes) is 2. The van der Waals surface area contributed by atoms with Crippen molar-refractivity contribution in [1.82, 2.24) is 9.97 Å². The zero-order chi connectivity index (χ0) is 11.3. The Bertz CT molecular complexity index is 326. The highest BCUT2D eigenvalue weighted by Gasteiger charge is 2.05. The number of hydrogen-bond acceptors (Lipinski definition) is 3. The number of aromatic nitrogens is 2. The summed E-state index contributed by atoms with van der Waals surface area (Å²) in [6.45, 7) is 6.92. The zero-order valence-electron chi connectivity index (χ0n) is 9.60. The molecule has 3 nitrogen and oxygen atoms in total. The molecule has 0 radical (unpaired) electrons. The van der Waals surface area contributed by atoms with Gasteiger partial charge in [0.1, 0.15) is 16.8 Å². The van der Waals surface area contributed by atoms with Gasteiger partial charge in [0.05, 0.1) is 0 Å². The molecule has 0 atom stereocenters. The first-order valence-electron chi connectivity index (χ1n) is 5.39. The van der Waals surface area contributed by atoms with Crippen LogP contribution in [0.3, 0.4) is 0 Å². The van der Waals surface area contributed by atoms with Gasteiger partial charge < -0.3 is 5.32 Å². The van der Waals surface area contributed by atoms with Crippen LogP contribution in [0.1, 0.15) is 37.6 Å². The van der Waals surface area contributed by atoms with E-state index in [2.05, 4.69) is 22.2 Å². The van der Waals surface area contributed by atoms with Crippen molar-refractivity contribution in [3.05, 3.63) is 16.5 Å². The van der Waals surface area contributed by atoms with Gasteiger partial charge in [-0.3, -0.25) is 0 Å². The van der Waals surface area contributed by atoms with E-state index in [1.165, 1.54) is 12.8 Å². The van der Waals surface area contributed by atoms with Crippen molar-refractivity contribution in [3.63, 3.8) is 0 Å². The van der Waals surface area contributed by atoms with Crippen LogP contribution in [0.2, 0.25) is 5.15 Å². The van der Waals surface area contributed by atoms with Crippen LogP contribution in [-0.4, -0.2) is 16.5 Å². The SMILES string of the molecule is CCCCCNc1nc(C)nc(Cl)c1C. The van der Waals surface area contributed by atoms with Gasteiger partial charge in [-0.25, -0.2) is 9.97 Å². The summed E-state index contributed by atoms with van der Waals surface area (Å²) in [4.78, 5) is 8.42. The molecule has 0 bridgehead atoms. The number of rotatable bonds is 5. The number of hydrogen-bond donors (Lipinski definition) is 1. The molecule has 0 saturated heterocycles. The molecule has 15 heavy (non-hydrogen) atoms. The molecule has 0 aliphatic rings. The Labute approximate surface area is 96.3 Å². The maximum Gasteiger partial charge on any atom is 0.137 e. The van der Waals surface area contributed by atoms with Crippen LogP contribution in [0.5, 0.6) is 0 Å². The second kappa shape index (κ2) is 5.91. The van der Waals surface area contributed by atoms with Crippen LogP contribution in [-0.2, 0) is 0 Å². The molecule has 0 fully saturated rings. The van der Waals surface area contributed by atoms with Gasteiger partial charge in [0.15, 0.2) is 0 Å². The number of nitrogens with zero attached hydrogens (tertiary/aromatic N) is 2. The van der Waals surface area contributed by atoms with Crippen molar-refractivity contribution in [2.24, 2.45) is 0 Å². The predicted octanol–water partition coefficient (Wildman–Crippen LogP) is 3.35. The minimum Gasteiger partial charge on any atom is -0.370 e. The average molecular weight is 228 g/mol. The molecular formula is C11H18ClN3. The first-order valence-corrected chi connectivity index (χ1v) is 5.77. The number of nitrogens with one attached hydrogen (secondary N) is 1. The molecule has 0 unspecified atom stereocenters. The fourth-order valence-electron chi connectivity index (χ4n) is 1.35. The highest BCUT2D eigenvalue weighted by molar-refractivity contribution is 6.30. The summed E-state index contributed by atoms with van der Waals surface area (Å²) in [6.07, 6.45) is 3.63. The smallest absolute Gasteiger partial charge is 0.137 e. The van der Waals surface area contributed by atoms with Crippen LogP contribution in [0.25, 0.3) is 0 Å². The topological polar surface area (TPSA) is 37.8 Å². The Morgan fingerprint density at radius 2 is 1.93 bits per heavy atom. The van der Waals surface area contributed by atoms with E-state index in [1.807, 2.05) is 13.8 Å². The molecule has 0 amide bonds. The fraction of sp³-hybridized carbons (Fsp3) is 0.636. The highest BCUT2D eigenvalue weighted by Crippen LogP contribution is 2.19. The van der Waals surface area contributed by atoms with E-state index >= 15 is 0 Å². The molecule has 1 N–H and O–H groups in total. The summed E-state index contributed by atoms with van der Waals surface area (Å²) in [7, 11) is 0. The van der Waals surface area contributed by atoms with Crippen molar-refractivity contribution < 1.29 is 0 Å². The third kappa shape index (κ3) is 3.67. The largest absolute Gasteiger partial charge is 0.370 e. The second-order valence-electron chi connectivity index (χ2n) is 3.67. The van der Waals surface area contributed by atoms with E-state index in [-0.39, 0.29) is 0 Å². The molecule has 84 valence electrons. The first-order chi connectivity index (χ1) is 7.15. The van der Waals surface area contributed by atoms with Crippen LogP contribution >= 0.6 is 11.6 Å². The Morgan fingerprint density at radius 3 is 2.60 bits per heavy atom. The lowest BCUT2D eigenvalue weighted by molar-refractivity contribution is 0.741. The standard InChI is InChI=1S/C11H18ClN3/c1-4-5-6-7-13-11-8(2)10(12)14-9(3)15-11/h4-7H2,1-3H3,(H,13,14,15). The first kappa shape index (κ1) is 12.2. The molecule has 1 aromatic heterocycles. The summed E-state index contributed by atoms with van der Waals surface area (Å²) in [6, 6.07) is 0. The van der Waals surface area contributed by atoms with Crippen molar-refractivity contribution in [2.75, 3.05) is 11.9 Å². The van der Waals surface area contributed by atoms with Gasteiger partial charge in [-0.05, 0) is 20.3 Å². The van der Waals surface area contributed by atoms with Crippen LogP contribution in [0.15, 0.2) is 0 Å². The van der Waals surface area contributed by atoms with E-state index in [4.69, 9.17) is 11.6 Å². The minimum absolute atomic E-state index is 0.542. The van der Waals surface area contributed by atoms with Crippen molar-refractivity contribution >= 4 is 17.4 Å². The van der Waals surface area contributed by atoms with E-state index in [0.29, 0.717) is 11.0 Å². The summed E-state index contributed by atoms with van der Waals surface area (Å²) >= 11 is 5.97. The van der Waals surface area contributed by atoms with Gasteiger partial charge in [-0.1, -0.05) is 31.4 Å². The highest BCUT2D eigenvalue weighted by atomic mass is 35.5. The average Bonchev–Trinajstić information content (AvgIpc) is 2.19. The summed E-state index contributed by atoms with van der Waals surface area (Å²) in [5.41, 5.74) is 0.929. The molecule has 1 aromatic rings. The third-order valence-corrected chi connectivity index (χ3v) is 2.64. The Hall–Kier alpha value is -0.830. The van der Waals surface area contributed by atoms with Crippen LogP contribution in [0.4, 0.5) is 5.82 Å². The molecular weight excluding hydrogens is 210 g/mol. The molecule has 1 rings (SSSR count). The molecule has 0 aromatic carbocycles. The van der Waals surface area contributed by atoms with Crippen molar-refractivity contribution in [1.29, 1.82) is 0 Å². The number of aryl methyl sites for hydroxylation is 1. The molecule has 0 spiro atoms. The van der Waals surface area contributed by atoms with Crippen LogP contribution < -0.4 is 5.32 Å². The normalized spacial score (nSPS) is 10.4. The molecule has 1 heterocycles. The zero-order valence-corrected chi connectivity index (χ0v) is 10.4. The third-order valence-electron chi connectivity index (χ3n) is 2.27. The predicted molar refractivity (Wildman–Crippen MR) is 64.5 cm³/mol. The van der Waals surface area contributed by atoms with E-state index in [1.54, 1.807) is 0 Å². The number of anilines is 1. The monoisotopic (exact) mass is 227 g/mol. The lowest BCUT2D eigenvalue weighted by atomic mass is 10.2. The molecule has 4 heteroatoms. The van der Waals surface area contributed by atoms with Gasteiger partial charge >= 0.3 is 0 Å². The summed E-state index contributed by atoms with van der Waals surface area (Å²) in [5, 5.41) is 3.84. The van der Waals surface area contributed by atoms with Gasteiger partial charge in [0.2, 0.25) is 0 Å². The number of halogens is 1. The van der Waals surface area contributed by atoms with Gasteiger partial charge in [-0.15, -0.1) is 0 Å². The maximum atomic E-state index is 5.97. The van der Waals surface area contributed by atoms with Crippen molar-refractivity contribution in [3.8, 4) is 0 Å². The van der Waals surface area contributed by atoms with Crippen molar-refractivity contribution in [2.45, 2.75) is 40.0 Å². The Kier molecular flexibility index (Phi) is 4.82. The van der Waals surface area contributed by atoms with E-state index in [0.717, 1.165) is 24.3 Å². The maximum absolute atomic E-state index is 5.97. The quantitative estimate of drug-likeness (QED) is 0.619. The Balaban J connectivity index is 2.60.